The Labute approximate surface area is 468 Å². The van der Waals surface area contributed by atoms with Crippen LogP contribution in [0.5, 0.6) is 11.5 Å². The van der Waals surface area contributed by atoms with Crippen molar-refractivity contribution in [3.63, 3.8) is 0 Å². The number of hydrogen-bond acceptors (Lipinski definition) is 10. The first kappa shape index (κ1) is 54.5. The van der Waals surface area contributed by atoms with Crippen LogP contribution in [0.3, 0.4) is 0 Å². The zero-order valence-corrected chi connectivity index (χ0v) is 47.4. The van der Waals surface area contributed by atoms with Gasteiger partial charge in [-0.05, 0) is 132 Å². The van der Waals surface area contributed by atoms with E-state index in [0.29, 0.717) is 97.1 Å². The molecule has 2 saturated heterocycles. The van der Waals surface area contributed by atoms with Crippen LogP contribution in [0.4, 0.5) is 15.8 Å². The molecule has 0 atom stereocenters. The summed E-state index contributed by atoms with van der Waals surface area (Å²) in [7, 11) is 3.35. The lowest BCUT2D eigenvalue weighted by Crippen LogP contribution is -2.55. The zero-order valence-electron chi connectivity index (χ0n) is 45.2. The summed E-state index contributed by atoms with van der Waals surface area (Å²) in [5.41, 5.74) is 7.48. The maximum atomic E-state index is 15.8. The largest absolute Gasteiger partial charge is 0.505 e. The van der Waals surface area contributed by atoms with Crippen LogP contribution in [0.25, 0.3) is 56.1 Å². The minimum absolute atomic E-state index is 0.00253. The van der Waals surface area contributed by atoms with Gasteiger partial charge in [-0.2, -0.15) is 0 Å². The molecule has 2 aliphatic heterocycles. The summed E-state index contributed by atoms with van der Waals surface area (Å²) in [5.74, 6) is -0.522. The second-order valence-electron chi connectivity index (χ2n) is 22.1. The Bertz CT molecular complexity index is 3710. The van der Waals surface area contributed by atoms with Crippen molar-refractivity contribution in [2.45, 2.75) is 65.5 Å². The van der Waals surface area contributed by atoms with Crippen molar-refractivity contribution < 1.29 is 14.6 Å². The van der Waals surface area contributed by atoms with Gasteiger partial charge in [-0.1, -0.05) is 53.0 Å². The average Bonchev–Trinajstić information content (AvgIpc) is 4.03. The quantitative estimate of drug-likeness (QED) is 0.122. The predicted octanol–water partition coefficient (Wildman–Crippen LogP) is 11.4. The molecule has 0 unspecified atom stereocenters. The van der Waals surface area contributed by atoms with E-state index in [9.17, 15) is 19.8 Å². The van der Waals surface area contributed by atoms with Gasteiger partial charge in [-0.15, -0.1) is 0 Å². The van der Waals surface area contributed by atoms with E-state index in [2.05, 4.69) is 54.2 Å². The van der Waals surface area contributed by atoms with Crippen molar-refractivity contribution >= 4 is 46.2 Å². The number of anilines is 2. The number of benzene rings is 4. The molecule has 2 N–H and O–H groups in total. The minimum Gasteiger partial charge on any atom is -0.505 e. The number of imidazole rings is 2. The molecule has 0 bridgehead atoms. The van der Waals surface area contributed by atoms with Gasteiger partial charge in [0.25, 0.3) is 0 Å². The molecule has 2 aliphatic rings. The number of nitrogens with zero attached hydrogens (tertiary/aromatic N) is 10. The first-order chi connectivity index (χ1) is 37.0. The maximum Gasteiger partial charge on any atom is 0.332 e. The van der Waals surface area contributed by atoms with Crippen LogP contribution in [-0.2, 0) is 20.5 Å². The van der Waals surface area contributed by atoms with E-state index < -0.39 is 5.82 Å². The van der Waals surface area contributed by atoms with Crippen LogP contribution in [0.15, 0.2) is 119 Å². The molecule has 406 valence electrons. The number of aromatic hydroxyl groups is 2. The monoisotopic (exact) mass is 1110 g/mol. The van der Waals surface area contributed by atoms with Crippen molar-refractivity contribution in [1.82, 2.24) is 38.0 Å². The molecule has 10 rings (SSSR count). The Hall–Kier alpha value is -6.88. The summed E-state index contributed by atoms with van der Waals surface area (Å²) < 4.78 is 21.7. The normalized spacial score (nSPS) is 14.9. The number of piperazine rings is 2. The highest BCUT2D eigenvalue weighted by Crippen LogP contribution is 2.43. The summed E-state index contributed by atoms with van der Waals surface area (Å²) in [4.78, 5) is 44.8. The Morgan fingerprint density at radius 2 is 1.08 bits per heavy atom. The Morgan fingerprint density at radius 1 is 0.551 bits per heavy atom. The number of pyridine rings is 2. The van der Waals surface area contributed by atoms with E-state index in [1.165, 1.54) is 24.3 Å². The maximum absolute atomic E-state index is 15.8. The number of aromatic nitrogens is 6. The standard InChI is InChI=1S/C60H64Cl3FN10O4/c1-37-29-45(38-10-13-50(48(62)32-38)73-27-17-67(7)57(73)77)55(75)53(65-37)40-9-12-47(61)52(34-40)70-21-25-72(26-22-70)60(5,6)16-15-43-36-46(39-11-14-51(49(63)33-39)74-28-18-68(8)58(74)78)56(76)54(66-43)41-30-42(64)35-44(31-41)69-19-23-71(24-20-69)59(2,3)4/h9-14,17-18,27-36,75-76H,15-16,19-26H2,1-8H3. The van der Waals surface area contributed by atoms with Crippen LogP contribution < -0.4 is 21.2 Å². The van der Waals surface area contributed by atoms with Crippen molar-refractivity contribution in [3.8, 4) is 67.6 Å². The fourth-order valence-corrected chi connectivity index (χ4v) is 11.6. The average molecular weight is 1110 g/mol. The summed E-state index contributed by atoms with van der Waals surface area (Å²) in [6, 6.07) is 24.9. The van der Waals surface area contributed by atoms with Gasteiger partial charge in [0.1, 0.15) is 28.7 Å². The lowest BCUT2D eigenvalue weighted by atomic mass is 9.92. The number of rotatable bonds is 12. The summed E-state index contributed by atoms with van der Waals surface area (Å²) in [6.07, 6.45) is 7.91. The highest BCUT2D eigenvalue weighted by molar-refractivity contribution is 6.33. The second-order valence-corrected chi connectivity index (χ2v) is 23.3. The SMILES string of the molecule is Cc1cc(-c2ccc(-n3ccn(C)c3=O)c(Cl)c2)c(O)c(-c2ccc(Cl)c(N3CCN(C(C)(C)CCc4cc(-c5ccc(-n6ccn(C)c6=O)c(Cl)c5)c(O)c(-c5cc(F)cc(N6CCN(C(C)(C)C)CC6)c5)n4)CC3)c2)n1. The number of hydrogen-bond donors (Lipinski definition) is 2. The summed E-state index contributed by atoms with van der Waals surface area (Å²) in [6.45, 7) is 18.9. The van der Waals surface area contributed by atoms with Crippen LogP contribution >= 0.6 is 34.8 Å². The van der Waals surface area contributed by atoms with Crippen molar-refractivity contribution in [1.29, 1.82) is 0 Å². The van der Waals surface area contributed by atoms with E-state index in [0.717, 1.165) is 56.3 Å². The van der Waals surface area contributed by atoms with E-state index in [4.69, 9.17) is 44.8 Å². The summed E-state index contributed by atoms with van der Waals surface area (Å²) in [5, 5.41) is 25.3. The molecule has 0 amide bonds. The van der Waals surface area contributed by atoms with Crippen LogP contribution in [0, 0.1) is 12.7 Å². The Balaban J connectivity index is 0.889. The lowest BCUT2D eigenvalue weighted by molar-refractivity contribution is 0.104. The molecule has 6 heterocycles. The highest BCUT2D eigenvalue weighted by Gasteiger charge is 2.32. The molecule has 0 spiro atoms. The third kappa shape index (κ3) is 10.8. The lowest BCUT2D eigenvalue weighted by Gasteiger charge is -2.45. The van der Waals surface area contributed by atoms with Gasteiger partial charge in [0.2, 0.25) is 0 Å². The molecule has 4 aromatic carbocycles. The van der Waals surface area contributed by atoms with Crippen LogP contribution in [0.2, 0.25) is 15.1 Å². The molecule has 14 nitrogen and oxygen atoms in total. The predicted molar refractivity (Wildman–Crippen MR) is 312 cm³/mol. The zero-order chi connectivity index (χ0) is 55.5. The van der Waals surface area contributed by atoms with Crippen LogP contribution in [0.1, 0.15) is 52.4 Å². The van der Waals surface area contributed by atoms with Crippen molar-refractivity contribution in [3.05, 3.63) is 163 Å². The van der Waals surface area contributed by atoms with E-state index >= 15 is 4.39 Å². The van der Waals surface area contributed by atoms with Gasteiger partial charge in [0.05, 0.1) is 32.1 Å². The molecular formula is C60H64Cl3FN10O4. The molecule has 0 radical (unpaired) electrons. The smallest absolute Gasteiger partial charge is 0.332 e. The Kier molecular flexibility index (Phi) is 14.9. The summed E-state index contributed by atoms with van der Waals surface area (Å²) >= 11 is 20.6. The fourth-order valence-electron chi connectivity index (χ4n) is 10.8. The molecule has 8 aromatic rings. The van der Waals surface area contributed by atoms with Gasteiger partial charge < -0.3 is 29.1 Å². The topological polar surface area (TPSA) is 133 Å². The fraction of sp³-hybridized carbons (Fsp3) is 0.333. The molecule has 2 fully saturated rings. The molecule has 4 aromatic heterocycles. The van der Waals surface area contributed by atoms with Gasteiger partial charge in [0.15, 0.2) is 0 Å². The van der Waals surface area contributed by atoms with Crippen molar-refractivity contribution in [2.24, 2.45) is 14.1 Å². The van der Waals surface area contributed by atoms with Gasteiger partial charge in [-0.3, -0.25) is 18.9 Å². The first-order valence-electron chi connectivity index (χ1n) is 26.2. The number of halogens is 4. The van der Waals surface area contributed by atoms with E-state index in [-0.39, 0.29) is 39.7 Å². The van der Waals surface area contributed by atoms with Crippen LogP contribution in [-0.4, -0.2) is 112 Å². The van der Waals surface area contributed by atoms with Gasteiger partial charge >= 0.3 is 11.4 Å². The first-order valence-corrected chi connectivity index (χ1v) is 27.3. The molecule has 0 aliphatic carbocycles. The minimum atomic E-state index is -0.421. The van der Waals surface area contributed by atoms with E-state index in [1.807, 2.05) is 55.5 Å². The third-order valence-electron chi connectivity index (χ3n) is 15.5. The molecule has 18 heteroatoms. The van der Waals surface area contributed by atoms with Crippen molar-refractivity contribution in [2.75, 3.05) is 62.2 Å². The van der Waals surface area contributed by atoms with Gasteiger partial charge in [0, 0.05) is 142 Å². The molecular weight excluding hydrogens is 1050 g/mol. The number of aryl methyl sites for hydroxylation is 4. The third-order valence-corrected chi connectivity index (χ3v) is 16.5. The second kappa shape index (κ2) is 21.4. The molecule has 78 heavy (non-hydrogen) atoms. The molecule has 0 saturated carbocycles. The Morgan fingerprint density at radius 3 is 1.62 bits per heavy atom. The highest BCUT2D eigenvalue weighted by atomic mass is 35.5. The van der Waals surface area contributed by atoms with Gasteiger partial charge in [-0.25, -0.2) is 23.9 Å². The van der Waals surface area contributed by atoms with E-state index in [1.54, 1.807) is 69.2 Å².